The van der Waals surface area contributed by atoms with Gasteiger partial charge in [0.15, 0.2) is 0 Å². The van der Waals surface area contributed by atoms with Crippen molar-refractivity contribution in [1.29, 1.82) is 0 Å². The van der Waals surface area contributed by atoms with E-state index in [4.69, 9.17) is 0 Å². The third kappa shape index (κ3) is 4.02. The van der Waals surface area contributed by atoms with Crippen molar-refractivity contribution in [3.8, 4) is 0 Å². The van der Waals surface area contributed by atoms with E-state index >= 15 is 0 Å². The fourth-order valence-electron chi connectivity index (χ4n) is 4.82. The molecule has 32 heavy (non-hydrogen) atoms. The highest BCUT2D eigenvalue weighted by atomic mass is 31.2. The van der Waals surface area contributed by atoms with Gasteiger partial charge in [-0.25, -0.2) is 0 Å². The van der Waals surface area contributed by atoms with Crippen LogP contribution in [0.1, 0.15) is 65.2 Å². The average molecular weight is 447 g/mol. The van der Waals surface area contributed by atoms with Gasteiger partial charge in [0.25, 0.3) is 0 Å². The number of carbonyl (C=O) groups is 2. The topological polar surface area (TPSA) is 51.2 Å². The molecule has 3 rings (SSSR count). The summed E-state index contributed by atoms with van der Waals surface area (Å²) in [7, 11) is -4.17. The molecule has 0 saturated carbocycles. The van der Waals surface area contributed by atoms with E-state index in [0.29, 0.717) is 22.0 Å². The summed E-state index contributed by atoms with van der Waals surface area (Å²) in [5.74, 6) is 0. The van der Waals surface area contributed by atoms with Gasteiger partial charge < -0.3 is 4.57 Å². The van der Waals surface area contributed by atoms with Crippen LogP contribution < -0.4 is 5.30 Å². The molecule has 0 N–H and O–H groups in total. The lowest BCUT2D eigenvalue weighted by Crippen LogP contribution is -2.24. The lowest BCUT2D eigenvalue weighted by Gasteiger charge is -2.23. The van der Waals surface area contributed by atoms with Crippen molar-refractivity contribution in [2.24, 2.45) is 0 Å². The highest BCUT2D eigenvalue weighted by Crippen LogP contribution is 2.53. The Morgan fingerprint density at radius 3 is 1.22 bits per heavy atom. The molecule has 0 spiro atoms. The van der Waals surface area contributed by atoms with Crippen molar-refractivity contribution in [3.05, 3.63) is 98.1 Å². The highest BCUT2D eigenvalue weighted by molar-refractivity contribution is 8.01. The van der Waals surface area contributed by atoms with Crippen molar-refractivity contribution < 1.29 is 14.2 Å². The number of carbonyl (C=O) groups excluding carboxylic acids is 2. The third-order valence-electron chi connectivity index (χ3n) is 6.05. The first kappa shape index (κ1) is 23.9. The van der Waals surface area contributed by atoms with Crippen LogP contribution in [-0.4, -0.2) is 11.0 Å². The van der Waals surface area contributed by atoms with Gasteiger partial charge in [0.2, 0.25) is 18.2 Å². The zero-order chi connectivity index (χ0) is 24.0. The van der Waals surface area contributed by atoms with Gasteiger partial charge in [-0.1, -0.05) is 59.2 Å². The molecule has 0 bridgehead atoms. The number of hydrogen-bond donors (Lipinski definition) is 0. The molecule has 0 radical (unpaired) electrons. The van der Waals surface area contributed by atoms with Gasteiger partial charge in [-0.05, 0) is 83.2 Å². The molecule has 0 atom stereocenters. The molecule has 0 amide bonds. The highest BCUT2D eigenvalue weighted by Gasteiger charge is 2.45. The predicted molar refractivity (Wildman–Crippen MR) is 133 cm³/mol. The minimum atomic E-state index is -4.17. The Morgan fingerprint density at radius 2 is 0.875 bits per heavy atom. The van der Waals surface area contributed by atoms with Crippen molar-refractivity contribution in [3.63, 3.8) is 0 Å². The maximum absolute atomic E-state index is 14.8. The molecule has 166 valence electrons. The van der Waals surface area contributed by atoms with Crippen LogP contribution in [0, 0.1) is 55.4 Å². The zero-order valence-corrected chi connectivity index (χ0v) is 21.1. The van der Waals surface area contributed by atoms with Crippen LogP contribution in [0.15, 0.2) is 42.5 Å². The Kier molecular flexibility index (Phi) is 6.45. The third-order valence-corrected chi connectivity index (χ3v) is 8.82. The molecule has 0 heterocycles. The largest absolute Gasteiger partial charge is 0.302 e. The second-order valence-corrected chi connectivity index (χ2v) is 11.6. The SMILES string of the molecule is Cc1ccc(P(=O)(C(=O)c2c(C)cc(C)cc2C)C(=O)c2c(C)cc(C)cc2C)c(C)c1. The summed E-state index contributed by atoms with van der Waals surface area (Å²) < 4.78 is 14.8. The maximum atomic E-state index is 14.8. The predicted octanol–water partition coefficient (Wildman–Crippen LogP) is 6.82. The van der Waals surface area contributed by atoms with E-state index in [0.717, 1.165) is 38.9 Å². The molecule has 0 aliphatic heterocycles. The lowest BCUT2D eigenvalue weighted by molar-refractivity contribution is 0.104. The number of hydrogen-bond acceptors (Lipinski definition) is 3. The van der Waals surface area contributed by atoms with Gasteiger partial charge in [0.1, 0.15) is 0 Å². The molecule has 3 aromatic carbocycles. The van der Waals surface area contributed by atoms with Crippen LogP contribution in [0.5, 0.6) is 0 Å². The van der Waals surface area contributed by atoms with Gasteiger partial charge in [0.05, 0.1) is 0 Å². The van der Waals surface area contributed by atoms with Crippen molar-refractivity contribution in [1.82, 2.24) is 0 Å². The summed E-state index contributed by atoms with van der Waals surface area (Å²) >= 11 is 0. The van der Waals surface area contributed by atoms with Crippen LogP contribution in [-0.2, 0) is 4.57 Å². The molecule has 4 heteroatoms. The summed E-state index contributed by atoms with van der Waals surface area (Å²) in [6, 6.07) is 13.0. The summed E-state index contributed by atoms with van der Waals surface area (Å²) in [4.78, 5) is 28.2. The van der Waals surface area contributed by atoms with E-state index in [2.05, 4.69) is 0 Å². The molecule has 0 aliphatic rings. The molecule has 3 nitrogen and oxygen atoms in total. The van der Waals surface area contributed by atoms with Crippen LogP contribution in [0.2, 0.25) is 0 Å². The normalized spacial score (nSPS) is 11.5. The Balaban J connectivity index is 2.37. The number of benzene rings is 3. The standard InChI is InChI=1S/C28H31O3P/c1-16-9-10-24(19(4)11-16)32(31,27(29)25-20(5)12-17(2)13-21(25)6)28(30)26-22(7)14-18(3)15-23(26)8/h9-15H,1-8H3. The summed E-state index contributed by atoms with van der Waals surface area (Å²) in [6.07, 6.45) is 0. The molecule has 3 aromatic rings. The lowest BCUT2D eigenvalue weighted by atomic mass is 10.0. The molecule has 0 unspecified atom stereocenters. The minimum Gasteiger partial charge on any atom is -0.302 e. The van der Waals surface area contributed by atoms with Crippen LogP contribution in [0.25, 0.3) is 0 Å². The van der Waals surface area contributed by atoms with Crippen molar-refractivity contribution in [2.75, 3.05) is 0 Å². The zero-order valence-electron chi connectivity index (χ0n) is 20.2. The van der Waals surface area contributed by atoms with E-state index in [1.165, 1.54) is 0 Å². The fourth-order valence-corrected chi connectivity index (χ4v) is 7.62. The van der Waals surface area contributed by atoms with Gasteiger partial charge >= 0.3 is 0 Å². The van der Waals surface area contributed by atoms with E-state index in [1.807, 2.05) is 91.8 Å². The number of aryl methyl sites for hydroxylation is 8. The van der Waals surface area contributed by atoms with Gasteiger partial charge in [-0.2, -0.15) is 0 Å². The quantitative estimate of drug-likeness (QED) is 0.404. The van der Waals surface area contributed by atoms with Crippen LogP contribution >= 0.6 is 7.14 Å². The second kappa shape index (κ2) is 8.64. The first-order valence-electron chi connectivity index (χ1n) is 10.8. The number of rotatable bonds is 5. The smallest absolute Gasteiger partial charge is 0.248 e. The van der Waals surface area contributed by atoms with Gasteiger partial charge in [-0.3, -0.25) is 9.59 Å². The Morgan fingerprint density at radius 1 is 0.531 bits per heavy atom. The molecular formula is C28H31O3P. The van der Waals surface area contributed by atoms with E-state index in [9.17, 15) is 14.2 Å². The Bertz CT molecular complexity index is 1190. The summed E-state index contributed by atoms with van der Waals surface area (Å²) in [6.45, 7) is 15.0. The first-order valence-corrected chi connectivity index (χ1v) is 12.5. The van der Waals surface area contributed by atoms with E-state index in [-0.39, 0.29) is 0 Å². The minimum absolute atomic E-state index is 0.330. The average Bonchev–Trinajstić information content (AvgIpc) is 2.65. The van der Waals surface area contributed by atoms with Crippen molar-refractivity contribution >= 4 is 23.5 Å². The van der Waals surface area contributed by atoms with E-state index < -0.39 is 18.2 Å². The van der Waals surface area contributed by atoms with Gasteiger partial charge in [-0.15, -0.1) is 0 Å². The monoisotopic (exact) mass is 446 g/mol. The molecular weight excluding hydrogens is 415 g/mol. The first-order chi connectivity index (χ1) is 14.9. The van der Waals surface area contributed by atoms with Crippen LogP contribution in [0.4, 0.5) is 0 Å². The maximum Gasteiger partial charge on any atom is 0.248 e. The molecule has 0 fully saturated rings. The second-order valence-electron chi connectivity index (χ2n) is 9.06. The fraction of sp³-hybridized carbons (Fsp3) is 0.286. The Labute approximate surface area is 191 Å². The van der Waals surface area contributed by atoms with Crippen LogP contribution in [0.3, 0.4) is 0 Å². The Hall–Kier alpha value is -2.77. The molecule has 0 aromatic heterocycles. The summed E-state index contributed by atoms with van der Waals surface area (Å²) in [5, 5.41) is 0.330. The van der Waals surface area contributed by atoms with Crippen molar-refractivity contribution in [2.45, 2.75) is 55.4 Å². The molecule has 0 saturated heterocycles. The van der Waals surface area contributed by atoms with Gasteiger partial charge in [0, 0.05) is 16.4 Å². The summed E-state index contributed by atoms with van der Waals surface area (Å²) in [5.41, 5.74) is 6.29. The molecule has 0 aliphatic carbocycles. The van der Waals surface area contributed by atoms with E-state index in [1.54, 1.807) is 6.07 Å².